The number of halogens is 2. The molecule has 0 unspecified atom stereocenters. The number of hydrogen-bond acceptors (Lipinski definition) is 0. The largest absolute Gasteiger partial charge is 4.00 e. The van der Waals surface area contributed by atoms with E-state index in [0.717, 1.165) is 0 Å². The van der Waals surface area contributed by atoms with Crippen molar-refractivity contribution in [1.29, 1.82) is 0 Å². The van der Waals surface area contributed by atoms with E-state index in [0.29, 0.717) is 5.92 Å². The fourth-order valence-electron chi connectivity index (χ4n) is 6.01. The van der Waals surface area contributed by atoms with Gasteiger partial charge in [-0.05, 0) is 41.9 Å². The summed E-state index contributed by atoms with van der Waals surface area (Å²) in [6.45, 7) is 20.2. The first-order chi connectivity index (χ1) is 19.5. The molecule has 0 saturated carbocycles. The van der Waals surface area contributed by atoms with Crippen molar-refractivity contribution in [3.8, 4) is 22.3 Å². The normalized spacial score (nSPS) is 11.0. The Kier molecular flexibility index (Phi) is 13.1. The van der Waals surface area contributed by atoms with Crippen LogP contribution in [0.1, 0.15) is 73.9 Å². The molecule has 3 heteroatoms. The third kappa shape index (κ3) is 7.67. The predicted octanol–water partition coefficient (Wildman–Crippen LogP) is 6.11. The Balaban J connectivity index is 0.000000294. The standard InChI is InChI=1S/C23H27.C18H17.2ClH.Zr/c1-14-12-20-16(3)15(2)17(4)22(21(20)13-14)18-8-10-19(11-9-18)23(5,6)7;1-13(2)16-11-15-9-6-10-17(18(15)12-16)14-7-4-3-5-8-14;;;/h8-13H,1-7H3;3-13H,1-2H3;2*1H;/q2*-1;;;+4/p-2. The molecular formula is C41H44Cl2Zr. The molecular weight excluding hydrogens is 655 g/mol. The average molecular weight is 699 g/mol. The van der Waals surface area contributed by atoms with Crippen molar-refractivity contribution in [2.45, 2.75) is 73.6 Å². The van der Waals surface area contributed by atoms with Crippen LogP contribution in [0.15, 0.2) is 97.1 Å². The minimum absolute atomic E-state index is 0. The Hall–Kier alpha value is -2.44. The third-order valence-corrected chi connectivity index (χ3v) is 8.77. The van der Waals surface area contributed by atoms with E-state index in [1.54, 1.807) is 0 Å². The molecule has 0 fully saturated rings. The second kappa shape index (κ2) is 15.2. The molecule has 0 N–H and O–H groups in total. The second-order valence-corrected chi connectivity index (χ2v) is 13.1. The molecule has 0 aliphatic heterocycles. The zero-order valence-corrected chi connectivity index (χ0v) is 31.5. The zero-order valence-electron chi connectivity index (χ0n) is 27.6. The molecule has 0 saturated heterocycles. The summed E-state index contributed by atoms with van der Waals surface area (Å²) >= 11 is 0. The van der Waals surface area contributed by atoms with Gasteiger partial charge in [-0.15, -0.1) is 62.5 Å². The van der Waals surface area contributed by atoms with Crippen molar-refractivity contribution in [1.82, 2.24) is 0 Å². The molecule has 6 rings (SSSR count). The van der Waals surface area contributed by atoms with Gasteiger partial charge in [-0.3, -0.25) is 0 Å². The summed E-state index contributed by atoms with van der Waals surface area (Å²) in [6, 6.07) is 35.6. The van der Waals surface area contributed by atoms with Gasteiger partial charge in [0.05, 0.1) is 0 Å². The van der Waals surface area contributed by atoms with Crippen LogP contribution in [0.3, 0.4) is 0 Å². The monoisotopic (exact) mass is 696 g/mol. The Morgan fingerprint density at radius 3 is 1.84 bits per heavy atom. The molecule has 0 aromatic heterocycles. The van der Waals surface area contributed by atoms with Crippen LogP contribution in [-0.2, 0) is 31.6 Å². The SMILES string of the molecule is CC(C)c1cc2c(-c3ccccc3)cccc2[cH-]1.Cc1cc2c(-c3ccc(C(C)(C)C)cc3)c(C)c(C)c(C)c2[cH-]1.[Cl-].[Cl-].[Zr+4]. The van der Waals surface area contributed by atoms with Crippen molar-refractivity contribution < 1.29 is 51.0 Å². The van der Waals surface area contributed by atoms with Crippen LogP contribution in [-0.4, -0.2) is 0 Å². The van der Waals surface area contributed by atoms with Crippen molar-refractivity contribution >= 4 is 21.5 Å². The van der Waals surface area contributed by atoms with Gasteiger partial charge in [-0.2, -0.15) is 12.1 Å². The van der Waals surface area contributed by atoms with Crippen LogP contribution in [0.5, 0.6) is 0 Å². The third-order valence-electron chi connectivity index (χ3n) is 8.77. The van der Waals surface area contributed by atoms with Crippen molar-refractivity contribution in [2.75, 3.05) is 0 Å². The van der Waals surface area contributed by atoms with Gasteiger partial charge in [0, 0.05) is 0 Å². The number of aryl methyl sites for hydroxylation is 2. The van der Waals surface area contributed by atoms with Crippen LogP contribution in [0.2, 0.25) is 0 Å². The van der Waals surface area contributed by atoms with Crippen LogP contribution >= 0.6 is 0 Å². The Bertz CT molecular complexity index is 1810. The van der Waals surface area contributed by atoms with Crippen LogP contribution in [0, 0.1) is 27.7 Å². The van der Waals surface area contributed by atoms with Crippen molar-refractivity contribution in [3.63, 3.8) is 0 Å². The smallest absolute Gasteiger partial charge is 1.00 e. The molecule has 44 heavy (non-hydrogen) atoms. The van der Waals surface area contributed by atoms with E-state index < -0.39 is 0 Å². The van der Waals surface area contributed by atoms with Crippen molar-refractivity contribution in [2.24, 2.45) is 0 Å². The van der Waals surface area contributed by atoms with E-state index in [1.807, 2.05) is 0 Å². The molecule has 0 amide bonds. The van der Waals surface area contributed by atoms with E-state index >= 15 is 0 Å². The summed E-state index contributed by atoms with van der Waals surface area (Å²) < 4.78 is 0. The van der Waals surface area contributed by atoms with Gasteiger partial charge < -0.3 is 24.8 Å². The summed E-state index contributed by atoms with van der Waals surface area (Å²) in [6.07, 6.45) is 0. The molecule has 0 atom stereocenters. The maximum atomic E-state index is 2.34. The molecule has 0 heterocycles. The molecule has 226 valence electrons. The molecule has 0 bridgehead atoms. The topological polar surface area (TPSA) is 0 Å². The first-order valence-corrected chi connectivity index (χ1v) is 15.0. The molecule has 0 nitrogen and oxygen atoms in total. The second-order valence-electron chi connectivity index (χ2n) is 13.1. The average Bonchev–Trinajstić information content (AvgIpc) is 3.56. The minimum Gasteiger partial charge on any atom is -1.00 e. The maximum Gasteiger partial charge on any atom is 4.00 e. The van der Waals surface area contributed by atoms with Crippen LogP contribution in [0.4, 0.5) is 0 Å². The summed E-state index contributed by atoms with van der Waals surface area (Å²) in [5.74, 6) is 0.584. The van der Waals surface area contributed by atoms with Gasteiger partial charge in [-0.1, -0.05) is 131 Å². The molecule has 0 radical (unpaired) electrons. The minimum atomic E-state index is 0. The van der Waals surface area contributed by atoms with E-state index in [1.165, 1.54) is 77.2 Å². The summed E-state index contributed by atoms with van der Waals surface area (Å²) in [5.41, 5.74) is 14.0. The van der Waals surface area contributed by atoms with Crippen molar-refractivity contribution in [3.05, 3.63) is 130 Å². The van der Waals surface area contributed by atoms with Gasteiger partial charge in [-0.25, -0.2) is 0 Å². The maximum absolute atomic E-state index is 2.34. The Morgan fingerprint density at radius 2 is 1.25 bits per heavy atom. The summed E-state index contributed by atoms with van der Waals surface area (Å²) in [5, 5.41) is 5.51. The first kappa shape index (κ1) is 37.7. The molecule has 0 aliphatic carbocycles. The predicted molar refractivity (Wildman–Crippen MR) is 182 cm³/mol. The molecule has 6 aromatic rings. The first-order valence-electron chi connectivity index (χ1n) is 15.0. The van der Waals surface area contributed by atoms with E-state index in [4.69, 9.17) is 0 Å². The quantitative estimate of drug-likeness (QED) is 0.196. The number of benzene rings is 4. The Morgan fingerprint density at radius 1 is 0.614 bits per heavy atom. The summed E-state index contributed by atoms with van der Waals surface area (Å²) in [4.78, 5) is 0. The van der Waals surface area contributed by atoms with Gasteiger partial charge >= 0.3 is 26.2 Å². The van der Waals surface area contributed by atoms with E-state index in [2.05, 4.69) is 159 Å². The van der Waals surface area contributed by atoms with E-state index in [-0.39, 0.29) is 56.4 Å². The van der Waals surface area contributed by atoms with Gasteiger partial charge in [0.2, 0.25) is 0 Å². The van der Waals surface area contributed by atoms with E-state index in [9.17, 15) is 0 Å². The fraction of sp³-hybridized carbons (Fsp3) is 0.268. The van der Waals surface area contributed by atoms with Gasteiger partial charge in [0.25, 0.3) is 0 Å². The fourth-order valence-corrected chi connectivity index (χ4v) is 6.01. The number of hydrogen-bond donors (Lipinski definition) is 0. The molecule has 0 spiro atoms. The number of fused-ring (bicyclic) bond motifs is 2. The molecule has 0 aliphatic rings. The number of rotatable bonds is 3. The Labute approximate surface area is 297 Å². The van der Waals surface area contributed by atoms with Crippen LogP contribution < -0.4 is 24.8 Å². The zero-order chi connectivity index (χ0) is 29.5. The van der Waals surface area contributed by atoms with Gasteiger partial charge in [0.1, 0.15) is 0 Å². The summed E-state index contributed by atoms with van der Waals surface area (Å²) in [7, 11) is 0. The van der Waals surface area contributed by atoms with Crippen LogP contribution in [0.25, 0.3) is 43.8 Å². The molecule has 6 aromatic carbocycles. The van der Waals surface area contributed by atoms with Gasteiger partial charge in [0.15, 0.2) is 0 Å².